The van der Waals surface area contributed by atoms with E-state index in [1.165, 1.54) is 5.56 Å². The summed E-state index contributed by atoms with van der Waals surface area (Å²) in [7, 11) is 0. The summed E-state index contributed by atoms with van der Waals surface area (Å²) in [5.41, 5.74) is 3.11. The van der Waals surface area contributed by atoms with E-state index < -0.39 is 0 Å². The van der Waals surface area contributed by atoms with Crippen molar-refractivity contribution in [1.82, 2.24) is 15.1 Å². The van der Waals surface area contributed by atoms with Crippen LogP contribution in [0, 0.1) is 0 Å². The molecule has 0 aromatic heterocycles. The van der Waals surface area contributed by atoms with Gasteiger partial charge in [-0.1, -0.05) is 45.0 Å². The van der Waals surface area contributed by atoms with Gasteiger partial charge >= 0.3 is 0 Å². The summed E-state index contributed by atoms with van der Waals surface area (Å²) in [6.45, 7) is 12.9. The standard InChI is InChI=1S/C27H37N3O3/c1-5-28-25(31)19-29-15-6-16-30(18-17-29)26(32)22-9-7-21(8-10-22)20-33-24-13-11-23(12-14-24)27(2,3)4/h7-14H,5-6,15-20H2,1-4H3,(H,28,31). The van der Waals surface area contributed by atoms with E-state index in [-0.39, 0.29) is 17.2 Å². The first-order chi connectivity index (χ1) is 15.8. The van der Waals surface area contributed by atoms with Crippen LogP contribution in [0.25, 0.3) is 0 Å². The predicted molar refractivity (Wildman–Crippen MR) is 132 cm³/mol. The third-order valence-corrected chi connectivity index (χ3v) is 5.94. The SMILES string of the molecule is CCNC(=O)CN1CCCN(C(=O)c2ccc(COc3ccc(C(C)(C)C)cc3)cc2)CC1. The largest absolute Gasteiger partial charge is 0.489 e. The first-order valence-corrected chi connectivity index (χ1v) is 11.9. The topological polar surface area (TPSA) is 61.9 Å². The Kier molecular flexibility index (Phi) is 8.50. The Bertz CT molecular complexity index is 917. The van der Waals surface area contributed by atoms with Crippen LogP contribution in [0.3, 0.4) is 0 Å². The second kappa shape index (κ2) is 11.3. The molecule has 1 saturated heterocycles. The second-order valence-electron chi connectivity index (χ2n) is 9.64. The molecule has 2 aromatic rings. The van der Waals surface area contributed by atoms with Gasteiger partial charge < -0.3 is 15.0 Å². The fourth-order valence-corrected chi connectivity index (χ4v) is 3.93. The molecule has 0 spiro atoms. The second-order valence-corrected chi connectivity index (χ2v) is 9.64. The van der Waals surface area contributed by atoms with Gasteiger partial charge in [-0.2, -0.15) is 0 Å². The highest BCUT2D eigenvalue weighted by Crippen LogP contribution is 2.24. The van der Waals surface area contributed by atoms with E-state index in [0.717, 1.165) is 24.3 Å². The molecular formula is C27H37N3O3. The van der Waals surface area contributed by atoms with E-state index in [0.29, 0.717) is 44.9 Å². The Morgan fingerprint density at radius 1 is 0.939 bits per heavy atom. The first kappa shape index (κ1) is 24.8. The van der Waals surface area contributed by atoms with Crippen molar-refractivity contribution in [1.29, 1.82) is 0 Å². The van der Waals surface area contributed by atoms with Crippen LogP contribution < -0.4 is 10.1 Å². The number of carbonyl (C=O) groups excluding carboxylic acids is 2. The maximum Gasteiger partial charge on any atom is 0.253 e. The van der Waals surface area contributed by atoms with Gasteiger partial charge in [0.2, 0.25) is 5.91 Å². The molecule has 1 aliphatic rings. The van der Waals surface area contributed by atoms with E-state index in [1.54, 1.807) is 0 Å². The molecule has 0 bridgehead atoms. The van der Waals surface area contributed by atoms with E-state index in [4.69, 9.17) is 4.74 Å². The number of nitrogens with one attached hydrogen (secondary N) is 1. The van der Waals surface area contributed by atoms with Crippen molar-refractivity contribution < 1.29 is 14.3 Å². The quantitative estimate of drug-likeness (QED) is 0.695. The molecule has 1 N–H and O–H groups in total. The number of likely N-dealkylation sites (N-methyl/N-ethyl adjacent to an activating group) is 1. The highest BCUT2D eigenvalue weighted by molar-refractivity contribution is 5.94. The van der Waals surface area contributed by atoms with Crippen molar-refractivity contribution in [2.45, 2.75) is 46.1 Å². The molecule has 0 radical (unpaired) electrons. The number of rotatable bonds is 7. The fraction of sp³-hybridized carbons (Fsp3) is 0.481. The molecule has 0 atom stereocenters. The van der Waals surface area contributed by atoms with Crippen LogP contribution in [-0.4, -0.2) is 60.9 Å². The zero-order valence-electron chi connectivity index (χ0n) is 20.4. The van der Waals surface area contributed by atoms with Crippen LogP contribution in [0.4, 0.5) is 0 Å². The molecule has 1 aliphatic heterocycles. The summed E-state index contributed by atoms with van der Waals surface area (Å²) in [6, 6.07) is 15.9. The third-order valence-electron chi connectivity index (χ3n) is 5.94. The van der Waals surface area contributed by atoms with Gasteiger partial charge in [-0.05, 0) is 54.2 Å². The predicted octanol–water partition coefficient (Wildman–Crippen LogP) is 3.85. The van der Waals surface area contributed by atoms with Crippen molar-refractivity contribution >= 4 is 11.8 Å². The minimum absolute atomic E-state index is 0.0418. The lowest BCUT2D eigenvalue weighted by molar-refractivity contribution is -0.122. The summed E-state index contributed by atoms with van der Waals surface area (Å²) in [4.78, 5) is 28.8. The normalized spacial score (nSPS) is 15.1. The number of benzene rings is 2. The van der Waals surface area contributed by atoms with Crippen molar-refractivity contribution in [3.63, 3.8) is 0 Å². The zero-order valence-corrected chi connectivity index (χ0v) is 20.4. The number of nitrogens with zero attached hydrogens (tertiary/aromatic N) is 2. The summed E-state index contributed by atoms with van der Waals surface area (Å²) >= 11 is 0. The average Bonchev–Trinajstić information content (AvgIpc) is 3.03. The van der Waals surface area contributed by atoms with Crippen LogP contribution in [0.5, 0.6) is 5.75 Å². The number of hydrogen-bond acceptors (Lipinski definition) is 4. The molecule has 2 amide bonds. The Morgan fingerprint density at radius 2 is 1.64 bits per heavy atom. The Labute approximate surface area is 197 Å². The maximum atomic E-state index is 13.0. The van der Waals surface area contributed by atoms with Crippen molar-refractivity contribution in [3.8, 4) is 5.75 Å². The zero-order chi connectivity index (χ0) is 23.8. The third kappa shape index (κ3) is 7.32. The molecule has 2 aromatic carbocycles. The van der Waals surface area contributed by atoms with Gasteiger partial charge in [0, 0.05) is 38.3 Å². The molecule has 1 fully saturated rings. The summed E-state index contributed by atoms with van der Waals surface area (Å²) in [5, 5.41) is 2.84. The van der Waals surface area contributed by atoms with Gasteiger partial charge in [0.15, 0.2) is 0 Å². The number of carbonyl (C=O) groups is 2. The molecule has 3 rings (SSSR count). The van der Waals surface area contributed by atoms with Crippen LogP contribution in [0.1, 0.15) is 55.6 Å². The van der Waals surface area contributed by atoms with Gasteiger partial charge in [0.25, 0.3) is 5.91 Å². The molecular weight excluding hydrogens is 414 g/mol. The van der Waals surface area contributed by atoms with Crippen molar-refractivity contribution in [3.05, 3.63) is 65.2 Å². The minimum atomic E-state index is 0.0418. The highest BCUT2D eigenvalue weighted by Gasteiger charge is 2.21. The number of hydrogen-bond donors (Lipinski definition) is 1. The average molecular weight is 452 g/mol. The molecule has 0 unspecified atom stereocenters. The molecule has 33 heavy (non-hydrogen) atoms. The lowest BCUT2D eigenvalue weighted by Gasteiger charge is -2.22. The number of amides is 2. The molecule has 0 saturated carbocycles. The molecule has 0 aliphatic carbocycles. The summed E-state index contributed by atoms with van der Waals surface area (Å²) in [6.07, 6.45) is 0.866. The molecule has 6 heteroatoms. The van der Waals surface area contributed by atoms with Crippen molar-refractivity contribution in [2.75, 3.05) is 39.3 Å². The molecule has 178 valence electrons. The van der Waals surface area contributed by atoms with Gasteiger partial charge in [-0.15, -0.1) is 0 Å². The Balaban J connectivity index is 1.51. The van der Waals surface area contributed by atoms with Crippen LogP contribution >= 0.6 is 0 Å². The van der Waals surface area contributed by atoms with E-state index in [2.05, 4.69) is 43.1 Å². The molecule has 1 heterocycles. The maximum absolute atomic E-state index is 13.0. The van der Waals surface area contributed by atoms with E-state index in [9.17, 15) is 9.59 Å². The molecule has 6 nitrogen and oxygen atoms in total. The van der Waals surface area contributed by atoms with Crippen LogP contribution in [0.2, 0.25) is 0 Å². The Morgan fingerprint density at radius 3 is 2.27 bits per heavy atom. The van der Waals surface area contributed by atoms with Gasteiger partial charge in [-0.3, -0.25) is 14.5 Å². The van der Waals surface area contributed by atoms with Crippen LogP contribution in [-0.2, 0) is 16.8 Å². The highest BCUT2D eigenvalue weighted by atomic mass is 16.5. The first-order valence-electron chi connectivity index (χ1n) is 11.9. The van der Waals surface area contributed by atoms with Crippen molar-refractivity contribution in [2.24, 2.45) is 0 Å². The minimum Gasteiger partial charge on any atom is -0.489 e. The smallest absolute Gasteiger partial charge is 0.253 e. The van der Waals surface area contributed by atoms with Gasteiger partial charge in [-0.25, -0.2) is 0 Å². The lowest BCUT2D eigenvalue weighted by atomic mass is 9.87. The van der Waals surface area contributed by atoms with Crippen LogP contribution in [0.15, 0.2) is 48.5 Å². The van der Waals surface area contributed by atoms with Gasteiger partial charge in [0.05, 0.1) is 6.54 Å². The number of ether oxygens (including phenoxy) is 1. The monoisotopic (exact) mass is 451 g/mol. The fourth-order valence-electron chi connectivity index (χ4n) is 3.93. The lowest BCUT2D eigenvalue weighted by Crippen LogP contribution is -2.40. The van der Waals surface area contributed by atoms with E-state index >= 15 is 0 Å². The van der Waals surface area contributed by atoms with Gasteiger partial charge in [0.1, 0.15) is 12.4 Å². The summed E-state index contributed by atoms with van der Waals surface area (Å²) < 4.78 is 5.92. The Hall–Kier alpha value is -2.86. The van der Waals surface area contributed by atoms with E-state index in [1.807, 2.05) is 48.2 Å². The summed E-state index contributed by atoms with van der Waals surface area (Å²) in [5.74, 6) is 0.921.